The van der Waals surface area contributed by atoms with E-state index in [1.807, 2.05) is 0 Å². The smallest absolute Gasteiger partial charge is 0.322 e. The molecule has 0 bridgehead atoms. The predicted octanol–water partition coefficient (Wildman–Crippen LogP) is 4.67. The van der Waals surface area contributed by atoms with Gasteiger partial charge in [0.2, 0.25) is 5.95 Å². The van der Waals surface area contributed by atoms with Crippen molar-refractivity contribution in [2.24, 2.45) is 0 Å². The highest BCUT2D eigenvalue weighted by Crippen LogP contribution is 2.33. The highest BCUT2D eigenvalue weighted by Gasteiger charge is 2.23. The SMILES string of the molecule is COc1cc(NC(=O)N2CCOCC2)ccc1Nc1ncc(Cl)c(Nc2ccccc2S(=O)(=O)C(C)C)n1. The van der Waals surface area contributed by atoms with E-state index in [-0.39, 0.29) is 27.7 Å². The highest BCUT2D eigenvalue weighted by atomic mass is 35.5. The van der Waals surface area contributed by atoms with E-state index in [0.717, 1.165) is 0 Å². The molecule has 3 N–H and O–H groups in total. The molecule has 2 heterocycles. The van der Waals surface area contributed by atoms with Crippen LogP contribution >= 0.6 is 11.6 Å². The van der Waals surface area contributed by atoms with Crippen molar-refractivity contribution in [3.8, 4) is 5.75 Å². The number of urea groups is 1. The van der Waals surface area contributed by atoms with E-state index < -0.39 is 15.1 Å². The fourth-order valence-electron chi connectivity index (χ4n) is 3.68. The molecule has 11 nitrogen and oxygen atoms in total. The van der Waals surface area contributed by atoms with Crippen LogP contribution in [0.3, 0.4) is 0 Å². The van der Waals surface area contributed by atoms with Crippen molar-refractivity contribution in [3.05, 3.63) is 53.7 Å². The fraction of sp³-hybridized carbons (Fsp3) is 0.320. The fourth-order valence-corrected chi connectivity index (χ4v) is 5.02. The van der Waals surface area contributed by atoms with E-state index >= 15 is 0 Å². The average Bonchev–Trinajstić information content (AvgIpc) is 2.92. The number of nitrogens with one attached hydrogen (secondary N) is 3. The van der Waals surface area contributed by atoms with E-state index in [4.69, 9.17) is 21.1 Å². The van der Waals surface area contributed by atoms with Gasteiger partial charge in [0.1, 0.15) is 10.8 Å². The number of aromatic nitrogens is 2. The van der Waals surface area contributed by atoms with Crippen molar-refractivity contribution < 1.29 is 22.7 Å². The summed E-state index contributed by atoms with van der Waals surface area (Å²) in [6, 6.07) is 11.5. The quantitative estimate of drug-likeness (QED) is 0.359. The van der Waals surface area contributed by atoms with Crippen LogP contribution in [0, 0.1) is 0 Å². The number of halogens is 1. The minimum atomic E-state index is -3.55. The number of carbonyl (C=O) groups is 1. The Morgan fingerprint density at radius 1 is 1.11 bits per heavy atom. The van der Waals surface area contributed by atoms with Crippen molar-refractivity contribution in [1.29, 1.82) is 0 Å². The van der Waals surface area contributed by atoms with Crippen LogP contribution < -0.4 is 20.7 Å². The lowest BCUT2D eigenvalue weighted by Gasteiger charge is -2.27. The van der Waals surface area contributed by atoms with Crippen LogP contribution in [0.4, 0.5) is 33.6 Å². The molecule has 1 aromatic heterocycles. The molecule has 4 rings (SSSR count). The second kappa shape index (κ2) is 11.8. The van der Waals surface area contributed by atoms with Crippen molar-refractivity contribution in [2.75, 3.05) is 49.4 Å². The van der Waals surface area contributed by atoms with E-state index in [1.54, 1.807) is 55.1 Å². The van der Waals surface area contributed by atoms with Gasteiger partial charge < -0.3 is 30.3 Å². The molecule has 0 aliphatic carbocycles. The Balaban J connectivity index is 1.54. The van der Waals surface area contributed by atoms with Crippen LogP contribution in [0.15, 0.2) is 53.6 Å². The zero-order valence-electron chi connectivity index (χ0n) is 21.2. The maximum Gasteiger partial charge on any atom is 0.322 e. The second-order valence-electron chi connectivity index (χ2n) is 8.67. The lowest BCUT2D eigenvalue weighted by molar-refractivity contribution is 0.0564. The van der Waals surface area contributed by atoms with Gasteiger partial charge in [-0.15, -0.1) is 0 Å². The molecule has 1 aliphatic rings. The lowest BCUT2D eigenvalue weighted by Crippen LogP contribution is -2.43. The first kappa shape index (κ1) is 27.4. The lowest BCUT2D eigenvalue weighted by atomic mass is 10.2. The molecular weight excluding hydrogens is 532 g/mol. The number of amides is 2. The maximum absolute atomic E-state index is 12.8. The van der Waals surface area contributed by atoms with E-state index in [9.17, 15) is 13.2 Å². The monoisotopic (exact) mass is 560 g/mol. The number of morpholine rings is 1. The molecule has 1 aliphatic heterocycles. The molecule has 13 heteroatoms. The van der Waals surface area contributed by atoms with Crippen molar-refractivity contribution >= 4 is 56.3 Å². The van der Waals surface area contributed by atoms with Gasteiger partial charge in [0.15, 0.2) is 15.7 Å². The summed E-state index contributed by atoms with van der Waals surface area (Å²) in [4.78, 5) is 23.0. The molecule has 2 amide bonds. The standard InChI is InChI=1S/C25H29ClN6O5S/c1-16(2)38(34,35)22-7-5-4-6-20(22)29-23-18(26)15-27-24(31-23)30-19-9-8-17(14-21(19)36-3)28-25(33)32-10-12-37-13-11-32/h4-9,14-16H,10-13H2,1-3H3,(H,28,33)(H2,27,29,30,31). The number of ether oxygens (including phenoxy) is 2. The van der Waals surface area contributed by atoms with Gasteiger partial charge in [-0.05, 0) is 38.1 Å². The third kappa shape index (κ3) is 6.26. The number of para-hydroxylation sites is 1. The van der Waals surface area contributed by atoms with Crippen molar-refractivity contribution in [1.82, 2.24) is 14.9 Å². The number of benzene rings is 2. The van der Waals surface area contributed by atoms with Gasteiger partial charge >= 0.3 is 6.03 Å². The molecule has 3 aromatic rings. The molecule has 0 atom stereocenters. The van der Waals surface area contributed by atoms with Crippen LogP contribution in [0.5, 0.6) is 5.75 Å². The van der Waals surface area contributed by atoms with Crippen LogP contribution in [0.1, 0.15) is 13.8 Å². The number of sulfone groups is 1. The summed E-state index contributed by atoms with van der Waals surface area (Å²) >= 11 is 6.33. The third-order valence-electron chi connectivity index (χ3n) is 5.81. The van der Waals surface area contributed by atoms with Gasteiger partial charge in [0.05, 0.1) is 48.0 Å². The number of carbonyl (C=O) groups excluding carboxylic acids is 1. The Kier molecular flexibility index (Phi) is 8.55. The topological polar surface area (TPSA) is 135 Å². The van der Waals surface area contributed by atoms with Gasteiger partial charge in [-0.2, -0.15) is 4.98 Å². The Morgan fingerprint density at radius 2 is 1.84 bits per heavy atom. The minimum absolute atomic E-state index is 0.149. The van der Waals surface area contributed by atoms with Crippen LogP contribution in [0.25, 0.3) is 0 Å². The summed E-state index contributed by atoms with van der Waals surface area (Å²) in [7, 11) is -2.04. The molecule has 202 valence electrons. The van der Waals surface area contributed by atoms with Gasteiger partial charge in [0.25, 0.3) is 0 Å². The zero-order valence-corrected chi connectivity index (χ0v) is 22.8. The van der Waals surface area contributed by atoms with Crippen LogP contribution in [-0.2, 0) is 14.6 Å². The zero-order chi connectivity index (χ0) is 27.3. The summed E-state index contributed by atoms with van der Waals surface area (Å²) in [6.07, 6.45) is 1.40. The Bertz CT molecular complexity index is 1410. The maximum atomic E-state index is 12.8. The van der Waals surface area contributed by atoms with Gasteiger partial charge in [-0.1, -0.05) is 23.7 Å². The largest absolute Gasteiger partial charge is 0.494 e. The Labute approximate surface area is 226 Å². The van der Waals surface area contributed by atoms with Crippen LogP contribution in [0.2, 0.25) is 5.02 Å². The molecule has 1 fully saturated rings. The van der Waals surface area contributed by atoms with Crippen LogP contribution in [-0.4, -0.2) is 68.0 Å². The minimum Gasteiger partial charge on any atom is -0.494 e. The summed E-state index contributed by atoms with van der Waals surface area (Å²) in [5.41, 5.74) is 1.46. The normalized spacial score (nSPS) is 13.8. The molecule has 1 saturated heterocycles. The number of hydrogen-bond acceptors (Lipinski definition) is 9. The third-order valence-corrected chi connectivity index (χ3v) is 8.30. The van der Waals surface area contributed by atoms with E-state index in [2.05, 4.69) is 25.9 Å². The molecule has 0 radical (unpaired) electrons. The number of rotatable bonds is 8. The van der Waals surface area contributed by atoms with Crippen molar-refractivity contribution in [2.45, 2.75) is 24.0 Å². The summed E-state index contributed by atoms with van der Waals surface area (Å²) < 4.78 is 36.4. The van der Waals surface area contributed by atoms with Gasteiger partial charge in [0, 0.05) is 24.8 Å². The summed E-state index contributed by atoms with van der Waals surface area (Å²) in [6.45, 7) is 5.33. The molecule has 0 spiro atoms. The molecule has 2 aromatic carbocycles. The molecular formula is C25H29ClN6O5S. The first-order valence-electron chi connectivity index (χ1n) is 11.9. The average molecular weight is 561 g/mol. The highest BCUT2D eigenvalue weighted by molar-refractivity contribution is 7.92. The van der Waals surface area contributed by atoms with E-state index in [1.165, 1.54) is 19.4 Å². The number of methoxy groups -OCH3 is 1. The molecule has 0 unspecified atom stereocenters. The van der Waals surface area contributed by atoms with Gasteiger partial charge in [-0.25, -0.2) is 18.2 Å². The summed E-state index contributed by atoms with van der Waals surface area (Å²) in [5.74, 6) is 0.875. The Hall–Kier alpha value is -3.61. The second-order valence-corrected chi connectivity index (χ2v) is 11.6. The Morgan fingerprint density at radius 3 is 2.55 bits per heavy atom. The predicted molar refractivity (Wildman–Crippen MR) is 147 cm³/mol. The first-order chi connectivity index (χ1) is 18.2. The molecule has 0 saturated carbocycles. The number of nitrogens with zero attached hydrogens (tertiary/aromatic N) is 3. The number of anilines is 5. The first-order valence-corrected chi connectivity index (χ1v) is 13.8. The number of hydrogen-bond donors (Lipinski definition) is 3. The van der Waals surface area contributed by atoms with Gasteiger partial charge in [-0.3, -0.25) is 0 Å². The van der Waals surface area contributed by atoms with Crippen molar-refractivity contribution in [3.63, 3.8) is 0 Å². The summed E-state index contributed by atoms with van der Waals surface area (Å²) in [5, 5.41) is 8.58. The van der Waals surface area contributed by atoms with E-state index in [0.29, 0.717) is 49.1 Å². The molecule has 38 heavy (non-hydrogen) atoms.